The molecule has 4 heteroatoms. The first kappa shape index (κ1) is 10.5. The lowest BCUT2D eigenvalue weighted by molar-refractivity contribution is -0.148. The Bertz CT molecular complexity index is 196. The zero-order valence-electron chi connectivity index (χ0n) is 8.12. The molecule has 13 heavy (non-hydrogen) atoms. The first-order valence-electron chi connectivity index (χ1n) is 4.80. The Morgan fingerprint density at radius 1 is 1.69 bits per heavy atom. The van der Waals surface area contributed by atoms with Gasteiger partial charge in [0.1, 0.15) is 5.54 Å². The maximum absolute atomic E-state index is 11.0. The molecule has 0 aromatic carbocycles. The lowest BCUT2D eigenvalue weighted by Gasteiger charge is -2.30. The number of carbonyl (C=O) groups is 1. The minimum atomic E-state index is -0.706. The average molecular weight is 186 g/mol. The summed E-state index contributed by atoms with van der Waals surface area (Å²) in [6, 6.07) is 0. The van der Waals surface area contributed by atoms with Crippen LogP contribution in [0.2, 0.25) is 0 Å². The Kier molecular flexibility index (Phi) is 3.27. The Morgan fingerprint density at radius 2 is 2.38 bits per heavy atom. The van der Waals surface area contributed by atoms with Crippen LogP contribution in [0.4, 0.5) is 0 Å². The minimum Gasteiger partial charge on any atom is -0.480 e. The van der Waals surface area contributed by atoms with Crippen molar-refractivity contribution in [1.29, 1.82) is 0 Å². The molecule has 0 aromatic rings. The van der Waals surface area contributed by atoms with Crippen LogP contribution in [0.3, 0.4) is 0 Å². The molecule has 0 saturated carbocycles. The van der Waals surface area contributed by atoms with Gasteiger partial charge >= 0.3 is 5.97 Å². The average Bonchev–Trinajstić information content (AvgIpc) is 2.45. The Morgan fingerprint density at radius 3 is 2.92 bits per heavy atom. The highest BCUT2D eigenvalue weighted by Gasteiger charge is 2.42. The number of hydrogen-bond acceptors (Lipinski definition) is 3. The standard InChI is InChI=1S/C9H18N2O2/c1-9(8(12)13)4-2-6-11(9)7-3-5-10/h2-7,10H2,1H3,(H,12,13). The van der Waals surface area contributed by atoms with Crippen LogP contribution >= 0.6 is 0 Å². The summed E-state index contributed by atoms with van der Waals surface area (Å²) < 4.78 is 0. The number of nitrogens with zero attached hydrogens (tertiary/aromatic N) is 1. The van der Waals surface area contributed by atoms with Gasteiger partial charge in [-0.05, 0) is 39.3 Å². The van der Waals surface area contributed by atoms with Crippen LogP contribution in [-0.4, -0.2) is 41.1 Å². The summed E-state index contributed by atoms with van der Waals surface area (Å²) in [7, 11) is 0. The second-order valence-electron chi connectivity index (χ2n) is 3.81. The number of aliphatic carboxylic acids is 1. The lowest BCUT2D eigenvalue weighted by Crippen LogP contribution is -2.48. The van der Waals surface area contributed by atoms with Gasteiger partial charge in [0.15, 0.2) is 0 Å². The summed E-state index contributed by atoms with van der Waals surface area (Å²) in [6.45, 7) is 4.13. The second kappa shape index (κ2) is 4.07. The molecule has 0 bridgehead atoms. The number of nitrogens with two attached hydrogens (primary N) is 1. The molecule has 4 nitrogen and oxygen atoms in total. The van der Waals surface area contributed by atoms with E-state index in [1.165, 1.54) is 0 Å². The van der Waals surface area contributed by atoms with E-state index >= 15 is 0 Å². The zero-order chi connectivity index (χ0) is 9.90. The van der Waals surface area contributed by atoms with Gasteiger partial charge in [-0.2, -0.15) is 0 Å². The molecular weight excluding hydrogens is 168 g/mol. The van der Waals surface area contributed by atoms with Crippen molar-refractivity contribution in [3.8, 4) is 0 Å². The van der Waals surface area contributed by atoms with Gasteiger partial charge in [0.05, 0.1) is 0 Å². The lowest BCUT2D eigenvalue weighted by atomic mass is 9.99. The van der Waals surface area contributed by atoms with Crippen LogP contribution in [0.1, 0.15) is 26.2 Å². The van der Waals surface area contributed by atoms with Gasteiger partial charge < -0.3 is 10.8 Å². The first-order chi connectivity index (χ1) is 6.11. The van der Waals surface area contributed by atoms with E-state index in [0.29, 0.717) is 6.54 Å². The maximum atomic E-state index is 11.0. The molecule has 0 aromatic heterocycles. The van der Waals surface area contributed by atoms with Crippen molar-refractivity contribution >= 4 is 5.97 Å². The SMILES string of the molecule is CC1(C(=O)O)CCCN1CCCN. The van der Waals surface area contributed by atoms with E-state index in [2.05, 4.69) is 0 Å². The number of carboxylic acids is 1. The van der Waals surface area contributed by atoms with Crippen molar-refractivity contribution < 1.29 is 9.90 Å². The van der Waals surface area contributed by atoms with Gasteiger partial charge in [0, 0.05) is 6.54 Å². The van der Waals surface area contributed by atoms with Crippen LogP contribution < -0.4 is 5.73 Å². The quantitative estimate of drug-likeness (QED) is 0.661. The molecule has 1 saturated heterocycles. The minimum absolute atomic E-state index is 0.631. The highest BCUT2D eigenvalue weighted by molar-refractivity contribution is 5.78. The molecule has 1 unspecified atom stereocenters. The molecule has 1 rings (SSSR count). The van der Waals surface area contributed by atoms with Crippen molar-refractivity contribution in [2.75, 3.05) is 19.6 Å². The van der Waals surface area contributed by atoms with E-state index in [-0.39, 0.29) is 0 Å². The summed E-state index contributed by atoms with van der Waals surface area (Å²) in [5, 5.41) is 9.07. The molecule has 0 spiro atoms. The van der Waals surface area contributed by atoms with Gasteiger partial charge in [-0.25, -0.2) is 0 Å². The fraction of sp³-hybridized carbons (Fsp3) is 0.889. The fourth-order valence-electron chi connectivity index (χ4n) is 1.90. The monoisotopic (exact) mass is 186 g/mol. The molecule has 3 N–H and O–H groups in total. The van der Waals surface area contributed by atoms with E-state index in [9.17, 15) is 4.79 Å². The smallest absolute Gasteiger partial charge is 0.323 e. The molecule has 0 aliphatic carbocycles. The summed E-state index contributed by atoms with van der Waals surface area (Å²) >= 11 is 0. The van der Waals surface area contributed by atoms with Crippen molar-refractivity contribution in [2.24, 2.45) is 5.73 Å². The van der Waals surface area contributed by atoms with Crippen LogP contribution in [0.15, 0.2) is 0 Å². The molecule has 0 amide bonds. The van der Waals surface area contributed by atoms with Gasteiger partial charge in [-0.3, -0.25) is 9.69 Å². The van der Waals surface area contributed by atoms with E-state index in [1.807, 2.05) is 4.90 Å². The molecule has 76 valence electrons. The first-order valence-corrected chi connectivity index (χ1v) is 4.80. The normalized spacial score (nSPS) is 29.4. The number of carboxylic acid groups (broad SMARTS) is 1. The highest BCUT2D eigenvalue weighted by Crippen LogP contribution is 2.28. The number of hydrogen-bond donors (Lipinski definition) is 2. The summed E-state index contributed by atoms with van der Waals surface area (Å²) in [5.41, 5.74) is 4.75. The highest BCUT2D eigenvalue weighted by atomic mass is 16.4. The van der Waals surface area contributed by atoms with Gasteiger partial charge in [-0.1, -0.05) is 0 Å². The molecule has 1 atom stereocenters. The summed E-state index contributed by atoms with van der Waals surface area (Å²) in [5.74, 6) is -0.706. The van der Waals surface area contributed by atoms with E-state index in [1.54, 1.807) is 6.92 Å². The Labute approximate surface area is 78.7 Å². The number of likely N-dealkylation sites (tertiary alicyclic amines) is 1. The summed E-state index contributed by atoms with van der Waals surface area (Å²) in [6.07, 6.45) is 2.61. The van der Waals surface area contributed by atoms with E-state index in [4.69, 9.17) is 10.8 Å². The predicted octanol–water partition coefficient (Wildman–Crippen LogP) is 0.274. The van der Waals surface area contributed by atoms with Gasteiger partial charge in [-0.15, -0.1) is 0 Å². The molecule has 1 fully saturated rings. The van der Waals surface area contributed by atoms with Crippen LogP contribution in [0, 0.1) is 0 Å². The molecule has 1 aliphatic heterocycles. The van der Waals surface area contributed by atoms with Gasteiger partial charge in [0.25, 0.3) is 0 Å². The third-order valence-electron chi connectivity index (χ3n) is 2.88. The Balaban J connectivity index is 2.57. The fourth-order valence-corrected chi connectivity index (χ4v) is 1.90. The molecule has 1 heterocycles. The van der Waals surface area contributed by atoms with Crippen LogP contribution in [-0.2, 0) is 4.79 Å². The van der Waals surface area contributed by atoms with Crippen LogP contribution in [0.25, 0.3) is 0 Å². The number of rotatable bonds is 4. The predicted molar refractivity (Wildman–Crippen MR) is 50.5 cm³/mol. The topological polar surface area (TPSA) is 66.6 Å². The molecule has 0 radical (unpaired) electrons. The summed E-state index contributed by atoms with van der Waals surface area (Å²) in [4.78, 5) is 13.1. The van der Waals surface area contributed by atoms with Crippen molar-refractivity contribution in [3.05, 3.63) is 0 Å². The van der Waals surface area contributed by atoms with Crippen molar-refractivity contribution in [3.63, 3.8) is 0 Å². The zero-order valence-corrected chi connectivity index (χ0v) is 8.12. The maximum Gasteiger partial charge on any atom is 0.323 e. The van der Waals surface area contributed by atoms with Crippen LogP contribution in [0.5, 0.6) is 0 Å². The van der Waals surface area contributed by atoms with Crippen molar-refractivity contribution in [1.82, 2.24) is 4.90 Å². The van der Waals surface area contributed by atoms with Gasteiger partial charge in [0.2, 0.25) is 0 Å². The molecular formula is C9H18N2O2. The van der Waals surface area contributed by atoms with E-state index in [0.717, 1.165) is 32.4 Å². The Hall–Kier alpha value is -0.610. The third kappa shape index (κ3) is 2.00. The molecule has 1 aliphatic rings. The largest absolute Gasteiger partial charge is 0.480 e. The second-order valence-corrected chi connectivity index (χ2v) is 3.81. The van der Waals surface area contributed by atoms with E-state index < -0.39 is 11.5 Å². The third-order valence-corrected chi connectivity index (χ3v) is 2.88. The van der Waals surface area contributed by atoms with Crippen molar-refractivity contribution in [2.45, 2.75) is 31.7 Å².